The molecule has 2 heteroatoms. The summed E-state index contributed by atoms with van der Waals surface area (Å²) in [4.78, 5) is 0. The first-order valence-corrected chi connectivity index (χ1v) is 7.34. The van der Waals surface area contributed by atoms with E-state index in [-0.39, 0.29) is 0 Å². The lowest BCUT2D eigenvalue weighted by atomic mass is 10.1. The highest BCUT2D eigenvalue weighted by Crippen LogP contribution is 2.36. The smallest absolute Gasteiger partial charge is 0.119 e. The number of aromatic hydroxyl groups is 1. The highest BCUT2D eigenvalue weighted by molar-refractivity contribution is 5.44. The Morgan fingerprint density at radius 3 is 2.90 bits per heavy atom. The topological polar surface area (TPSA) is 32.3 Å². The minimum atomic E-state index is 0.391. The Labute approximate surface area is 120 Å². The minimum absolute atomic E-state index is 0.391. The van der Waals surface area contributed by atoms with Crippen molar-refractivity contribution in [3.63, 3.8) is 0 Å². The fourth-order valence-electron chi connectivity index (χ4n) is 3.11. The molecule has 0 saturated carbocycles. The Morgan fingerprint density at radius 2 is 2.05 bits per heavy atom. The summed E-state index contributed by atoms with van der Waals surface area (Å²) in [5.74, 6) is 0.450. The van der Waals surface area contributed by atoms with Crippen molar-refractivity contribution in [3.05, 3.63) is 64.7 Å². The Kier molecular flexibility index (Phi) is 3.75. The molecule has 0 bridgehead atoms. The van der Waals surface area contributed by atoms with E-state index >= 15 is 0 Å². The van der Waals surface area contributed by atoms with E-state index in [1.165, 1.54) is 16.7 Å². The number of hydrogen-bond acceptors (Lipinski definition) is 2. The molecule has 2 N–H and O–H groups in total. The van der Waals surface area contributed by atoms with Crippen LogP contribution in [0.3, 0.4) is 0 Å². The SMILES string of the molecule is Cc1cccc(CCNC2CCc3c(O)cccc32)c1. The Morgan fingerprint density at radius 1 is 1.20 bits per heavy atom. The van der Waals surface area contributed by atoms with Gasteiger partial charge in [-0.05, 0) is 55.5 Å². The van der Waals surface area contributed by atoms with Crippen molar-refractivity contribution in [2.45, 2.75) is 32.2 Å². The molecule has 0 radical (unpaired) electrons. The lowest BCUT2D eigenvalue weighted by Crippen LogP contribution is -2.21. The second kappa shape index (κ2) is 5.68. The van der Waals surface area contributed by atoms with Gasteiger partial charge in [0.2, 0.25) is 0 Å². The maximum Gasteiger partial charge on any atom is 0.119 e. The lowest BCUT2D eigenvalue weighted by Gasteiger charge is -2.14. The molecule has 1 aliphatic carbocycles. The zero-order valence-electron chi connectivity index (χ0n) is 11.9. The second-order valence-corrected chi connectivity index (χ2v) is 5.63. The second-order valence-electron chi connectivity index (χ2n) is 5.63. The van der Waals surface area contributed by atoms with Gasteiger partial charge in [-0.25, -0.2) is 0 Å². The average Bonchev–Trinajstić information content (AvgIpc) is 2.84. The molecule has 0 fully saturated rings. The standard InChI is InChI=1S/C18H21NO/c1-13-4-2-5-14(12-13)10-11-19-17-9-8-16-15(17)6-3-7-18(16)20/h2-7,12,17,19-20H,8-11H2,1H3. The van der Waals surface area contributed by atoms with Gasteiger partial charge in [0, 0.05) is 6.04 Å². The zero-order valence-corrected chi connectivity index (χ0v) is 11.9. The third-order valence-electron chi connectivity index (χ3n) is 4.13. The first-order chi connectivity index (χ1) is 9.74. The highest BCUT2D eigenvalue weighted by atomic mass is 16.3. The summed E-state index contributed by atoms with van der Waals surface area (Å²) in [6, 6.07) is 14.9. The lowest BCUT2D eigenvalue weighted by molar-refractivity contribution is 0.469. The summed E-state index contributed by atoms with van der Waals surface area (Å²) in [6.07, 6.45) is 3.11. The molecular weight excluding hydrogens is 246 g/mol. The van der Waals surface area contributed by atoms with Crippen LogP contribution in [-0.4, -0.2) is 11.7 Å². The third kappa shape index (κ3) is 2.70. The van der Waals surface area contributed by atoms with Gasteiger partial charge in [-0.2, -0.15) is 0 Å². The van der Waals surface area contributed by atoms with Gasteiger partial charge in [-0.3, -0.25) is 0 Å². The van der Waals surface area contributed by atoms with E-state index in [0.717, 1.165) is 31.4 Å². The molecule has 104 valence electrons. The third-order valence-corrected chi connectivity index (χ3v) is 4.13. The van der Waals surface area contributed by atoms with E-state index in [4.69, 9.17) is 0 Å². The van der Waals surface area contributed by atoms with Gasteiger partial charge in [0.15, 0.2) is 0 Å². The van der Waals surface area contributed by atoms with Crippen LogP contribution in [0.4, 0.5) is 0 Å². The molecule has 0 aromatic heterocycles. The Bertz CT molecular complexity index is 606. The summed E-state index contributed by atoms with van der Waals surface area (Å²) >= 11 is 0. The predicted octanol–water partition coefficient (Wildman–Crippen LogP) is 3.52. The van der Waals surface area contributed by atoms with Crippen LogP contribution >= 0.6 is 0 Å². The summed E-state index contributed by atoms with van der Waals surface area (Å²) < 4.78 is 0. The molecular formula is C18H21NO. The summed E-state index contributed by atoms with van der Waals surface area (Å²) in [7, 11) is 0. The molecule has 20 heavy (non-hydrogen) atoms. The van der Waals surface area contributed by atoms with Crippen LogP contribution in [0, 0.1) is 6.92 Å². The summed E-state index contributed by atoms with van der Waals surface area (Å²) in [6.45, 7) is 3.11. The van der Waals surface area contributed by atoms with Gasteiger partial charge < -0.3 is 10.4 Å². The van der Waals surface area contributed by atoms with Crippen LogP contribution in [0.25, 0.3) is 0 Å². The number of phenols is 1. The molecule has 2 aromatic carbocycles. The minimum Gasteiger partial charge on any atom is -0.508 e. The number of nitrogens with one attached hydrogen (secondary N) is 1. The van der Waals surface area contributed by atoms with Gasteiger partial charge in [-0.15, -0.1) is 0 Å². The molecule has 0 aliphatic heterocycles. The molecule has 0 amide bonds. The molecule has 3 rings (SSSR count). The first kappa shape index (κ1) is 13.2. The van der Waals surface area contributed by atoms with E-state index in [0.29, 0.717) is 11.8 Å². The maximum atomic E-state index is 9.86. The van der Waals surface area contributed by atoms with Crippen LogP contribution in [0.5, 0.6) is 5.75 Å². The van der Waals surface area contributed by atoms with Gasteiger partial charge in [0.25, 0.3) is 0 Å². The number of fused-ring (bicyclic) bond motifs is 1. The Hall–Kier alpha value is -1.80. The molecule has 1 aliphatic rings. The molecule has 0 saturated heterocycles. The van der Waals surface area contributed by atoms with Crippen molar-refractivity contribution in [1.29, 1.82) is 0 Å². The van der Waals surface area contributed by atoms with Crippen molar-refractivity contribution >= 4 is 0 Å². The molecule has 1 atom stereocenters. The summed E-state index contributed by atoms with van der Waals surface area (Å²) in [5, 5.41) is 13.5. The molecule has 1 unspecified atom stereocenters. The molecule has 2 aromatic rings. The molecule has 0 heterocycles. The van der Waals surface area contributed by atoms with Crippen molar-refractivity contribution in [2.75, 3.05) is 6.54 Å². The highest BCUT2D eigenvalue weighted by Gasteiger charge is 2.23. The van der Waals surface area contributed by atoms with Crippen LogP contribution in [0.2, 0.25) is 0 Å². The van der Waals surface area contributed by atoms with Crippen molar-refractivity contribution in [2.24, 2.45) is 0 Å². The number of aryl methyl sites for hydroxylation is 1. The van der Waals surface area contributed by atoms with E-state index in [1.807, 2.05) is 6.07 Å². The van der Waals surface area contributed by atoms with Crippen molar-refractivity contribution < 1.29 is 5.11 Å². The van der Waals surface area contributed by atoms with E-state index in [1.54, 1.807) is 6.07 Å². The number of benzene rings is 2. The Balaban J connectivity index is 1.60. The number of rotatable bonds is 4. The van der Waals surface area contributed by atoms with Crippen molar-refractivity contribution in [3.8, 4) is 5.75 Å². The van der Waals surface area contributed by atoms with Gasteiger partial charge in [-0.1, -0.05) is 42.0 Å². The van der Waals surface area contributed by atoms with E-state index in [9.17, 15) is 5.11 Å². The van der Waals surface area contributed by atoms with Gasteiger partial charge in [0.1, 0.15) is 5.75 Å². The van der Waals surface area contributed by atoms with Gasteiger partial charge >= 0.3 is 0 Å². The number of phenolic OH excluding ortho intramolecular Hbond substituents is 1. The van der Waals surface area contributed by atoms with Crippen LogP contribution in [0.15, 0.2) is 42.5 Å². The van der Waals surface area contributed by atoms with Crippen LogP contribution in [-0.2, 0) is 12.8 Å². The van der Waals surface area contributed by atoms with Gasteiger partial charge in [0.05, 0.1) is 0 Å². The van der Waals surface area contributed by atoms with Crippen molar-refractivity contribution in [1.82, 2.24) is 5.32 Å². The van der Waals surface area contributed by atoms with Crippen LogP contribution in [0.1, 0.15) is 34.7 Å². The molecule has 2 nitrogen and oxygen atoms in total. The van der Waals surface area contributed by atoms with Crippen LogP contribution < -0.4 is 5.32 Å². The fourth-order valence-corrected chi connectivity index (χ4v) is 3.11. The predicted molar refractivity (Wildman–Crippen MR) is 82.1 cm³/mol. The monoisotopic (exact) mass is 267 g/mol. The average molecular weight is 267 g/mol. The first-order valence-electron chi connectivity index (χ1n) is 7.34. The quantitative estimate of drug-likeness (QED) is 0.888. The molecule has 0 spiro atoms. The number of hydrogen-bond donors (Lipinski definition) is 2. The van der Waals surface area contributed by atoms with E-state index < -0.39 is 0 Å². The largest absolute Gasteiger partial charge is 0.508 e. The van der Waals surface area contributed by atoms with E-state index in [2.05, 4.69) is 42.6 Å². The zero-order chi connectivity index (χ0) is 13.9. The summed E-state index contributed by atoms with van der Waals surface area (Å²) in [5.41, 5.74) is 5.10. The fraction of sp³-hybridized carbons (Fsp3) is 0.333. The normalized spacial score (nSPS) is 17.1. The maximum absolute atomic E-state index is 9.86.